The number of hydrogen-bond acceptors (Lipinski definition) is 11. The number of aromatic amines is 1. The molecule has 1 unspecified atom stereocenters. The molecule has 6 rings (SSSR count). The molecule has 0 radical (unpaired) electrons. The molecule has 3 aromatic carbocycles. The highest BCUT2D eigenvalue weighted by molar-refractivity contribution is 8.00. The highest BCUT2D eigenvalue weighted by Gasteiger charge is 2.64. The molecule has 2 aliphatic heterocycles. The van der Waals surface area contributed by atoms with Crippen LogP contribution >= 0.6 is 20.3 Å². The maximum atomic E-state index is 13.2. The SMILES string of the molecule is COc1ccc(C(OC[C@@]23CS[C@@H]([C@H](n4ccc(=O)[nH]c4=O)O2)[C@@H]3OP(OCCC#N)N(C(C)C)C(C)C)(c2ccccc2)c2ccc(OC)cc2)cc1. The smallest absolute Gasteiger partial charge is 0.330 e. The average Bonchev–Trinajstić information content (AvgIpc) is 3.66. The van der Waals surface area contributed by atoms with Crippen molar-refractivity contribution >= 4 is 20.3 Å². The second kappa shape index (κ2) is 17.2. The van der Waals surface area contributed by atoms with Gasteiger partial charge in [-0.25, -0.2) is 9.46 Å². The van der Waals surface area contributed by atoms with Gasteiger partial charge in [0.1, 0.15) is 28.8 Å². The molecular weight excluding hydrogens is 728 g/mol. The van der Waals surface area contributed by atoms with Gasteiger partial charge in [-0.15, -0.1) is 11.8 Å². The van der Waals surface area contributed by atoms with E-state index in [2.05, 4.69) is 43.4 Å². The number of aromatic nitrogens is 2. The maximum absolute atomic E-state index is 13.2. The Labute approximate surface area is 321 Å². The maximum Gasteiger partial charge on any atom is 0.330 e. The summed E-state index contributed by atoms with van der Waals surface area (Å²) < 4.78 is 42.5. The molecule has 5 atom stereocenters. The predicted octanol–water partition coefficient (Wildman–Crippen LogP) is 6.61. The highest BCUT2D eigenvalue weighted by Crippen LogP contribution is 2.59. The summed E-state index contributed by atoms with van der Waals surface area (Å²) in [4.78, 5) is 27.7. The highest BCUT2D eigenvalue weighted by atomic mass is 32.2. The lowest BCUT2D eigenvalue weighted by Crippen LogP contribution is -2.49. The Morgan fingerprint density at radius 2 is 1.54 bits per heavy atom. The lowest BCUT2D eigenvalue weighted by molar-refractivity contribution is -0.147. The van der Waals surface area contributed by atoms with Crippen LogP contribution in [0.2, 0.25) is 0 Å². The van der Waals surface area contributed by atoms with Crippen molar-refractivity contribution in [3.05, 3.63) is 129 Å². The predicted molar refractivity (Wildman–Crippen MR) is 209 cm³/mol. The molecule has 2 fully saturated rings. The molecule has 0 amide bonds. The van der Waals surface area contributed by atoms with Crippen LogP contribution in [0.5, 0.6) is 11.5 Å². The van der Waals surface area contributed by atoms with Crippen molar-refractivity contribution in [2.45, 2.75) is 75.0 Å². The van der Waals surface area contributed by atoms with Gasteiger partial charge in [0, 0.05) is 30.1 Å². The summed E-state index contributed by atoms with van der Waals surface area (Å²) in [5.41, 5.74) is -0.699. The van der Waals surface area contributed by atoms with E-state index in [1.807, 2.05) is 78.9 Å². The van der Waals surface area contributed by atoms with E-state index in [4.69, 9.17) is 28.0 Å². The zero-order valence-electron chi connectivity index (χ0n) is 31.3. The van der Waals surface area contributed by atoms with E-state index in [1.165, 1.54) is 16.8 Å². The molecule has 3 heterocycles. The molecule has 1 N–H and O–H groups in total. The van der Waals surface area contributed by atoms with Gasteiger partial charge >= 0.3 is 5.69 Å². The number of nitrogens with zero attached hydrogens (tertiary/aromatic N) is 3. The van der Waals surface area contributed by atoms with E-state index >= 15 is 0 Å². The standard InChI is InChI=1S/C40H47N4O8PS/c1-27(2)44(28(3)4)53(50-24-10-22-41)52-36-35-37(43-23-21-34(45)42-38(43)46)51-39(36,26-54-35)25-49-40(29-11-8-7-9-12-29,30-13-17-32(47-5)18-14-30)31-15-19-33(48-6)20-16-31/h7-9,11-21,23,27-28,35-37H,10,24-26H2,1-6H3,(H,42,45,46)/t35-,36+,37-,39+,53?/m1/s1. The van der Waals surface area contributed by atoms with Crippen molar-refractivity contribution < 1.29 is 28.0 Å². The number of thioether (sulfide) groups is 1. The molecule has 0 saturated carbocycles. The van der Waals surface area contributed by atoms with Crippen LogP contribution in [-0.2, 0) is 24.1 Å². The van der Waals surface area contributed by atoms with Crippen LogP contribution in [-0.4, -0.2) is 76.4 Å². The minimum atomic E-state index is -1.69. The normalized spacial score (nSPS) is 21.4. The molecule has 2 saturated heterocycles. The largest absolute Gasteiger partial charge is 0.497 e. The lowest BCUT2D eigenvalue weighted by atomic mass is 9.79. The van der Waals surface area contributed by atoms with Crippen molar-refractivity contribution in [3.63, 3.8) is 0 Å². The number of hydrogen-bond donors (Lipinski definition) is 1. The minimum Gasteiger partial charge on any atom is -0.497 e. The fourth-order valence-corrected chi connectivity index (χ4v) is 10.7. The van der Waals surface area contributed by atoms with E-state index in [0.717, 1.165) is 16.7 Å². The molecule has 4 aromatic rings. The minimum absolute atomic E-state index is 0.0491. The number of benzene rings is 3. The molecule has 2 aliphatic rings. The molecule has 0 spiro atoms. The van der Waals surface area contributed by atoms with Gasteiger partial charge in [0.15, 0.2) is 6.23 Å². The monoisotopic (exact) mass is 774 g/mol. The summed E-state index contributed by atoms with van der Waals surface area (Å²) in [6.07, 6.45) is 0.276. The number of H-pyrrole nitrogens is 1. The fourth-order valence-electron chi connectivity index (χ4n) is 7.20. The molecule has 2 bridgehead atoms. The van der Waals surface area contributed by atoms with Gasteiger partial charge < -0.3 is 28.0 Å². The molecule has 1 aromatic heterocycles. The fraction of sp³-hybridized carbons (Fsp3) is 0.425. The third-order valence-corrected chi connectivity index (χ3v) is 13.3. The van der Waals surface area contributed by atoms with Crippen LogP contribution in [0, 0.1) is 11.3 Å². The first-order valence-corrected chi connectivity index (χ1v) is 20.1. The number of methoxy groups -OCH3 is 2. The molecule has 0 aliphatic carbocycles. The summed E-state index contributed by atoms with van der Waals surface area (Å²) >= 11 is 1.63. The van der Waals surface area contributed by atoms with E-state index < -0.39 is 43.3 Å². The van der Waals surface area contributed by atoms with Crippen LogP contribution in [0.15, 0.2) is 101 Å². The average molecular weight is 775 g/mol. The second-order valence-corrected chi connectivity index (χ2v) is 16.3. The van der Waals surface area contributed by atoms with Gasteiger partial charge in [0.25, 0.3) is 14.1 Å². The van der Waals surface area contributed by atoms with Crippen molar-refractivity contribution in [1.29, 1.82) is 5.26 Å². The Balaban J connectivity index is 1.48. The summed E-state index contributed by atoms with van der Waals surface area (Å²) in [6, 6.07) is 29.2. The van der Waals surface area contributed by atoms with E-state index in [1.54, 1.807) is 26.0 Å². The summed E-state index contributed by atoms with van der Waals surface area (Å²) in [5, 5.41) is 9.00. The molecule has 12 nitrogen and oxygen atoms in total. The van der Waals surface area contributed by atoms with E-state index in [9.17, 15) is 14.9 Å². The van der Waals surface area contributed by atoms with Gasteiger partial charge in [-0.3, -0.25) is 14.3 Å². The number of fused-ring (bicyclic) bond motifs is 2. The molecule has 54 heavy (non-hydrogen) atoms. The van der Waals surface area contributed by atoms with Crippen molar-refractivity contribution in [2.75, 3.05) is 33.2 Å². The number of nitriles is 1. The number of ether oxygens (including phenoxy) is 4. The first-order chi connectivity index (χ1) is 26.1. The van der Waals surface area contributed by atoms with Crippen LogP contribution in [0.1, 0.15) is 57.0 Å². The Hall–Kier alpha value is -3.99. The van der Waals surface area contributed by atoms with Crippen LogP contribution in [0.25, 0.3) is 0 Å². The number of nitrogens with one attached hydrogen (secondary N) is 1. The Kier molecular flexibility index (Phi) is 12.7. The van der Waals surface area contributed by atoms with Gasteiger partial charge in [-0.05, 0) is 68.7 Å². The van der Waals surface area contributed by atoms with E-state index in [-0.39, 0.29) is 37.0 Å². The third kappa shape index (κ3) is 7.88. The van der Waals surface area contributed by atoms with E-state index in [0.29, 0.717) is 17.3 Å². The van der Waals surface area contributed by atoms with Gasteiger partial charge in [-0.2, -0.15) is 5.26 Å². The summed E-state index contributed by atoms with van der Waals surface area (Å²) in [7, 11) is 1.57. The lowest BCUT2D eigenvalue weighted by Gasteiger charge is -2.41. The molecule has 14 heteroatoms. The molecular formula is C40H47N4O8PS. The number of rotatable bonds is 17. The van der Waals surface area contributed by atoms with Crippen molar-refractivity contribution in [3.8, 4) is 17.6 Å². The van der Waals surface area contributed by atoms with Gasteiger partial charge in [0.2, 0.25) is 0 Å². The quantitative estimate of drug-likeness (QED) is 0.0706. The Morgan fingerprint density at radius 3 is 2.07 bits per heavy atom. The first kappa shape index (κ1) is 39.7. The van der Waals surface area contributed by atoms with Crippen molar-refractivity contribution in [2.24, 2.45) is 0 Å². The van der Waals surface area contributed by atoms with Crippen LogP contribution < -0.4 is 20.7 Å². The van der Waals surface area contributed by atoms with Gasteiger partial charge in [-0.1, -0.05) is 54.6 Å². The summed E-state index contributed by atoms with van der Waals surface area (Å²) in [6.45, 7) is 8.58. The van der Waals surface area contributed by atoms with Crippen LogP contribution in [0.4, 0.5) is 0 Å². The first-order valence-electron chi connectivity index (χ1n) is 17.9. The topological polar surface area (TPSA) is 137 Å². The van der Waals surface area contributed by atoms with Crippen molar-refractivity contribution in [1.82, 2.24) is 14.2 Å². The Morgan fingerprint density at radius 1 is 0.944 bits per heavy atom. The zero-order valence-corrected chi connectivity index (χ0v) is 33.0. The van der Waals surface area contributed by atoms with Crippen LogP contribution in [0.3, 0.4) is 0 Å². The Bertz CT molecular complexity index is 1950. The van der Waals surface area contributed by atoms with Gasteiger partial charge in [0.05, 0.1) is 45.2 Å². The summed E-state index contributed by atoms with van der Waals surface area (Å²) in [5.74, 6) is 1.91. The second-order valence-electron chi connectivity index (χ2n) is 13.7. The third-order valence-electron chi connectivity index (χ3n) is 9.67. The molecule has 286 valence electrons. The zero-order chi connectivity index (χ0) is 38.5.